The lowest BCUT2D eigenvalue weighted by atomic mass is 10.2. The number of hydrogen-bond donors (Lipinski definition) is 1. The van der Waals surface area contributed by atoms with Crippen LogP contribution < -0.4 is 10.2 Å². The highest BCUT2D eigenvalue weighted by Gasteiger charge is 2.16. The third kappa shape index (κ3) is 3.13. The van der Waals surface area contributed by atoms with Gasteiger partial charge >= 0.3 is 0 Å². The first-order valence-electron chi connectivity index (χ1n) is 6.01. The molecule has 92 valence electrons. The summed E-state index contributed by atoms with van der Waals surface area (Å²) in [5, 5.41) is 2.92. The lowest BCUT2D eigenvalue weighted by Crippen LogP contribution is -2.21. The van der Waals surface area contributed by atoms with Gasteiger partial charge in [0.1, 0.15) is 0 Å². The van der Waals surface area contributed by atoms with Crippen LogP contribution in [0.5, 0.6) is 0 Å². The highest BCUT2D eigenvalue weighted by atomic mass is 35.5. The summed E-state index contributed by atoms with van der Waals surface area (Å²) in [6.07, 6.45) is 2.81. The van der Waals surface area contributed by atoms with Crippen LogP contribution >= 0.6 is 11.6 Å². The first-order chi connectivity index (χ1) is 8.31. The molecule has 1 amide bonds. The predicted octanol–water partition coefficient (Wildman–Crippen LogP) is 2.85. The molecule has 0 unspecified atom stereocenters. The van der Waals surface area contributed by atoms with Crippen molar-refractivity contribution < 1.29 is 4.79 Å². The second-order valence-corrected chi connectivity index (χ2v) is 4.58. The molecule has 1 heterocycles. The number of carbonyl (C=O) groups is 1. The molecular weight excluding hydrogens is 236 g/mol. The predicted molar refractivity (Wildman–Crippen MR) is 71.9 cm³/mol. The number of rotatable bonds is 4. The Balaban J connectivity index is 2.12. The van der Waals surface area contributed by atoms with E-state index in [0.717, 1.165) is 24.5 Å². The summed E-state index contributed by atoms with van der Waals surface area (Å²) < 4.78 is 0. The van der Waals surface area contributed by atoms with Crippen molar-refractivity contribution in [3.8, 4) is 0 Å². The maximum absolute atomic E-state index is 11.6. The van der Waals surface area contributed by atoms with Crippen LogP contribution in [-0.4, -0.2) is 24.9 Å². The number of carbonyl (C=O) groups excluding carboxylic acids is 1. The average Bonchev–Trinajstić information content (AvgIpc) is 2.83. The van der Waals surface area contributed by atoms with E-state index in [-0.39, 0.29) is 5.91 Å². The van der Waals surface area contributed by atoms with Gasteiger partial charge in [0.2, 0.25) is 5.91 Å². The molecule has 2 rings (SSSR count). The van der Waals surface area contributed by atoms with Gasteiger partial charge in [0.05, 0.1) is 11.4 Å². The summed E-state index contributed by atoms with van der Waals surface area (Å²) in [4.78, 5) is 13.9. The minimum Gasteiger partial charge on any atom is -0.370 e. The molecule has 4 heteroatoms. The van der Waals surface area contributed by atoms with Crippen molar-refractivity contribution in [1.29, 1.82) is 0 Å². The van der Waals surface area contributed by atoms with Crippen LogP contribution in [0.25, 0.3) is 0 Å². The van der Waals surface area contributed by atoms with Gasteiger partial charge in [-0.25, -0.2) is 0 Å². The molecule has 1 aliphatic rings. The standard InChI is InChI=1S/C13H17ClN2O/c14-8-7-13(17)15-11-5-1-2-6-12(11)16-9-3-4-10-16/h1-2,5-6H,3-4,7-10H2,(H,15,17). The van der Waals surface area contributed by atoms with Gasteiger partial charge in [-0.3, -0.25) is 4.79 Å². The third-order valence-electron chi connectivity index (χ3n) is 2.95. The largest absolute Gasteiger partial charge is 0.370 e. The summed E-state index contributed by atoms with van der Waals surface area (Å²) in [5.41, 5.74) is 2.01. The molecule has 0 aliphatic carbocycles. The molecule has 0 saturated carbocycles. The van der Waals surface area contributed by atoms with Crippen LogP contribution in [0.4, 0.5) is 11.4 Å². The number of alkyl halides is 1. The molecule has 1 saturated heterocycles. The van der Waals surface area contributed by atoms with Gasteiger partial charge in [0.25, 0.3) is 0 Å². The molecule has 17 heavy (non-hydrogen) atoms. The SMILES string of the molecule is O=C(CCCl)Nc1ccccc1N1CCCC1. The number of para-hydroxylation sites is 2. The summed E-state index contributed by atoms with van der Waals surface area (Å²) >= 11 is 5.56. The van der Waals surface area contributed by atoms with Gasteiger partial charge in [0.15, 0.2) is 0 Å². The number of halogens is 1. The molecule has 0 aromatic heterocycles. The van der Waals surface area contributed by atoms with E-state index in [4.69, 9.17) is 11.6 Å². The molecule has 0 radical (unpaired) electrons. The van der Waals surface area contributed by atoms with Crippen LogP contribution in [0, 0.1) is 0 Å². The van der Waals surface area contributed by atoms with Crippen LogP contribution in [0.15, 0.2) is 24.3 Å². The Morgan fingerprint density at radius 3 is 2.71 bits per heavy atom. The molecule has 1 aromatic rings. The maximum atomic E-state index is 11.6. The molecule has 3 nitrogen and oxygen atoms in total. The van der Waals surface area contributed by atoms with Crippen molar-refractivity contribution in [2.45, 2.75) is 19.3 Å². The Kier molecular flexibility index (Phi) is 4.26. The minimum atomic E-state index is -0.0216. The number of nitrogens with zero attached hydrogens (tertiary/aromatic N) is 1. The molecule has 0 bridgehead atoms. The zero-order chi connectivity index (χ0) is 12.1. The van der Waals surface area contributed by atoms with Gasteiger partial charge in [-0.1, -0.05) is 12.1 Å². The topological polar surface area (TPSA) is 32.3 Å². The maximum Gasteiger partial charge on any atom is 0.225 e. The Morgan fingerprint density at radius 1 is 1.29 bits per heavy atom. The lowest BCUT2D eigenvalue weighted by molar-refractivity contribution is -0.115. The first-order valence-corrected chi connectivity index (χ1v) is 6.54. The van der Waals surface area contributed by atoms with Crippen molar-refractivity contribution in [2.24, 2.45) is 0 Å². The summed E-state index contributed by atoms with van der Waals surface area (Å²) in [6, 6.07) is 7.95. The number of benzene rings is 1. The average molecular weight is 253 g/mol. The Labute approximate surface area is 107 Å². The molecule has 1 N–H and O–H groups in total. The lowest BCUT2D eigenvalue weighted by Gasteiger charge is -2.21. The van der Waals surface area contributed by atoms with Gasteiger partial charge in [-0.15, -0.1) is 11.6 Å². The fourth-order valence-electron chi connectivity index (χ4n) is 2.11. The monoisotopic (exact) mass is 252 g/mol. The summed E-state index contributed by atoms with van der Waals surface area (Å²) in [5.74, 6) is 0.337. The molecular formula is C13H17ClN2O. The number of nitrogens with one attached hydrogen (secondary N) is 1. The molecule has 0 spiro atoms. The molecule has 0 atom stereocenters. The zero-order valence-corrected chi connectivity index (χ0v) is 10.5. The van der Waals surface area contributed by atoms with Crippen molar-refractivity contribution in [3.63, 3.8) is 0 Å². The molecule has 1 fully saturated rings. The van der Waals surface area contributed by atoms with E-state index in [0.29, 0.717) is 12.3 Å². The van der Waals surface area contributed by atoms with E-state index in [1.165, 1.54) is 12.8 Å². The highest BCUT2D eigenvalue weighted by Crippen LogP contribution is 2.28. The smallest absolute Gasteiger partial charge is 0.225 e. The summed E-state index contributed by atoms with van der Waals surface area (Å²) in [6.45, 7) is 2.14. The normalized spacial score (nSPS) is 15.0. The van der Waals surface area contributed by atoms with Crippen molar-refractivity contribution in [2.75, 3.05) is 29.2 Å². The van der Waals surface area contributed by atoms with Gasteiger partial charge < -0.3 is 10.2 Å². The van der Waals surface area contributed by atoms with Gasteiger partial charge in [-0.2, -0.15) is 0 Å². The summed E-state index contributed by atoms with van der Waals surface area (Å²) in [7, 11) is 0. The van der Waals surface area contributed by atoms with Crippen LogP contribution in [0.2, 0.25) is 0 Å². The minimum absolute atomic E-state index is 0.0216. The Morgan fingerprint density at radius 2 is 2.00 bits per heavy atom. The van der Waals surface area contributed by atoms with E-state index in [1.807, 2.05) is 18.2 Å². The second-order valence-electron chi connectivity index (χ2n) is 4.20. The molecule has 1 aromatic carbocycles. The van der Waals surface area contributed by atoms with E-state index in [1.54, 1.807) is 0 Å². The molecule has 1 aliphatic heterocycles. The fourth-order valence-corrected chi connectivity index (χ4v) is 2.28. The van der Waals surface area contributed by atoms with E-state index in [9.17, 15) is 4.79 Å². The number of hydrogen-bond acceptors (Lipinski definition) is 2. The van der Waals surface area contributed by atoms with Gasteiger partial charge in [0, 0.05) is 25.4 Å². The van der Waals surface area contributed by atoms with Crippen LogP contribution in [0.3, 0.4) is 0 Å². The number of anilines is 2. The zero-order valence-electron chi connectivity index (χ0n) is 9.79. The van der Waals surface area contributed by atoms with Crippen molar-refractivity contribution >= 4 is 28.9 Å². The van der Waals surface area contributed by atoms with E-state index >= 15 is 0 Å². The van der Waals surface area contributed by atoms with E-state index < -0.39 is 0 Å². The van der Waals surface area contributed by atoms with E-state index in [2.05, 4.69) is 16.3 Å². The first kappa shape index (κ1) is 12.2. The van der Waals surface area contributed by atoms with Crippen molar-refractivity contribution in [1.82, 2.24) is 0 Å². The fraction of sp³-hybridized carbons (Fsp3) is 0.462. The van der Waals surface area contributed by atoms with Gasteiger partial charge in [-0.05, 0) is 25.0 Å². The van der Waals surface area contributed by atoms with Crippen molar-refractivity contribution in [3.05, 3.63) is 24.3 Å². The third-order valence-corrected chi connectivity index (χ3v) is 3.14. The number of amides is 1. The quantitative estimate of drug-likeness (QED) is 0.836. The van der Waals surface area contributed by atoms with Crippen LogP contribution in [0.1, 0.15) is 19.3 Å². The Hall–Kier alpha value is -1.22. The Bertz CT molecular complexity index is 389. The second kappa shape index (κ2) is 5.92. The van der Waals surface area contributed by atoms with Crippen LogP contribution in [-0.2, 0) is 4.79 Å². The highest BCUT2D eigenvalue weighted by molar-refractivity contribution is 6.19.